The molecule has 2 aromatic rings. The molecule has 17 heavy (non-hydrogen) atoms. The van der Waals surface area contributed by atoms with E-state index in [1.807, 2.05) is 41.2 Å². The lowest BCUT2D eigenvalue weighted by atomic mass is 10.1. The smallest absolute Gasteiger partial charge is 0.166 e. The molecular formula is C12H12ClN3O. The molecule has 1 aromatic heterocycles. The fourth-order valence-corrected chi connectivity index (χ4v) is 1.95. The van der Waals surface area contributed by atoms with Gasteiger partial charge in [-0.05, 0) is 29.8 Å². The van der Waals surface area contributed by atoms with Crippen LogP contribution in [-0.4, -0.2) is 15.6 Å². The maximum atomic E-state index is 8.85. The average molecular weight is 250 g/mol. The van der Waals surface area contributed by atoms with Crippen molar-refractivity contribution in [2.24, 2.45) is 10.9 Å². The molecule has 0 amide bonds. The third-order valence-corrected chi connectivity index (χ3v) is 2.72. The first-order chi connectivity index (χ1) is 8.22. The van der Waals surface area contributed by atoms with Crippen LogP contribution in [0.1, 0.15) is 11.6 Å². The first-order valence-electron chi connectivity index (χ1n) is 5.07. The van der Waals surface area contributed by atoms with Gasteiger partial charge in [0.1, 0.15) is 6.04 Å². The molecule has 1 atom stereocenters. The average Bonchev–Trinajstić information content (AvgIpc) is 2.83. The van der Waals surface area contributed by atoms with Crippen LogP contribution in [0.4, 0.5) is 0 Å². The van der Waals surface area contributed by atoms with Gasteiger partial charge in [-0.1, -0.05) is 28.9 Å². The molecule has 2 rings (SSSR count). The summed E-state index contributed by atoms with van der Waals surface area (Å²) >= 11 is 5.95. The predicted molar refractivity (Wildman–Crippen MR) is 67.4 cm³/mol. The van der Waals surface area contributed by atoms with Crippen LogP contribution >= 0.6 is 11.6 Å². The van der Waals surface area contributed by atoms with E-state index in [0.717, 1.165) is 5.56 Å². The molecule has 88 valence electrons. The highest BCUT2D eigenvalue weighted by atomic mass is 35.5. The Hall–Kier alpha value is -1.94. The molecule has 0 aliphatic heterocycles. The highest BCUT2D eigenvalue weighted by molar-refractivity contribution is 6.30. The summed E-state index contributed by atoms with van der Waals surface area (Å²) < 4.78 is 1.85. The number of benzene rings is 1. The highest BCUT2D eigenvalue weighted by Gasteiger charge is 2.17. The maximum absolute atomic E-state index is 8.85. The van der Waals surface area contributed by atoms with Crippen molar-refractivity contribution < 1.29 is 5.21 Å². The number of hydrogen-bond acceptors (Lipinski definition) is 2. The maximum Gasteiger partial charge on any atom is 0.166 e. The fourth-order valence-electron chi connectivity index (χ4n) is 1.75. The molecule has 0 aliphatic rings. The molecular weight excluding hydrogens is 238 g/mol. The molecule has 5 heteroatoms. The molecule has 0 saturated carbocycles. The van der Waals surface area contributed by atoms with Gasteiger partial charge < -0.3 is 15.5 Å². The number of oxime groups is 1. The molecule has 1 aromatic carbocycles. The van der Waals surface area contributed by atoms with E-state index in [-0.39, 0.29) is 11.9 Å². The van der Waals surface area contributed by atoms with Gasteiger partial charge in [0.05, 0.1) is 0 Å². The quantitative estimate of drug-likeness (QED) is 0.380. The minimum atomic E-state index is -0.353. The largest absolute Gasteiger partial charge is 0.409 e. The van der Waals surface area contributed by atoms with Gasteiger partial charge in [-0.3, -0.25) is 0 Å². The molecule has 0 unspecified atom stereocenters. The number of aromatic nitrogens is 1. The van der Waals surface area contributed by atoms with Gasteiger partial charge in [-0.2, -0.15) is 0 Å². The summed E-state index contributed by atoms with van der Waals surface area (Å²) in [7, 11) is 0. The van der Waals surface area contributed by atoms with E-state index >= 15 is 0 Å². The topological polar surface area (TPSA) is 63.5 Å². The monoisotopic (exact) mass is 249 g/mol. The van der Waals surface area contributed by atoms with Crippen LogP contribution in [0.5, 0.6) is 0 Å². The highest BCUT2D eigenvalue weighted by Crippen LogP contribution is 2.22. The third kappa shape index (κ3) is 2.42. The van der Waals surface area contributed by atoms with Crippen LogP contribution < -0.4 is 5.73 Å². The van der Waals surface area contributed by atoms with Crippen molar-refractivity contribution in [3.63, 3.8) is 0 Å². The SMILES string of the molecule is NC(=NO)[C@H](c1cccc(Cl)c1)n1cccc1. The Labute approximate surface area is 104 Å². The van der Waals surface area contributed by atoms with Crippen molar-refractivity contribution >= 4 is 17.4 Å². The second kappa shape index (κ2) is 4.93. The summed E-state index contributed by atoms with van der Waals surface area (Å²) in [4.78, 5) is 0. The number of halogens is 1. The second-order valence-corrected chi connectivity index (χ2v) is 4.05. The standard InChI is InChI=1S/C12H12ClN3O/c13-10-5-3-4-9(8-10)11(12(14)15-17)16-6-1-2-7-16/h1-8,11,17H,(H2,14,15)/t11-/m0/s1. The summed E-state index contributed by atoms with van der Waals surface area (Å²) in [5.74, 6) is 0.114. The van der Waals surface area contributed by atoms with Gasteiger partial charge in [0, 0.05) is 17.4 Å². The molecule has 1 heterocycles. The molecule has 0 fully saturated rings. The Balaban J connectivity index is 2.48. The molecule has 0 bridgehead atoms. The summed E-state index contributed by atoms with van der Waals surface area (Å²) in [6.07, 6.45) is 3.70. The van der Waals surface area contributed by atoms with Gasteiger partial charge in [0.15, 0.2) is 5.84 Å². The lowest BCUT2D eigenvalue weighted by molar-refractivity contribution is 0.315. The van der Waals surface area contributed by atoms with E-state index in [9.17, 15) is 0 Å². The van der Waals surface area contributed by atoms with Crippen molar-refractivity contribution in [2.75, 3.05) is 0 Å². The number of nitrogens with zero attached hydrogens (tertiary/aromatic N) is 2. The molecule has 3 N–H and O–H groups in total. The lowest BCUT2D eigenvalue weighted by Crippen LogP contribution is -2.27. The van der Waals surface area contributed by atoms with Gasteiger partial charge >= 0.3 is 0 Å². The van der Waals surface area contributed by atoms with Crippen molar-refractivity contribution in [1.82, 2.24) is 4.57 Å². The molecule has 0 spiro atoms. The first kappa shape index (κ1) is 11.5. The Morgan fingerprint density at radius 3 is 2.59 bits per heavy atom. The van der Waals surface area contributed by atoms with Gasteiger partial charge in [0.2, 0.25) is 0 Å². The van der Waals surface area contributed by atoms with Crippen LogP contribution in [-0.2, 0) is 0 Å². The molecule has 4 nitrogen and oxygen atoms in total. The molecule has 0 saturated heterocycles. The Morgan fingerprint density at radius 2 is 2.00 bits per heavy atom. The van der Waals surface area contributed by atoms with E-state index in [2.05, 4.69) is 5.16 Å². The van der Waals surface area contributed by atoms with Crippen LogP contribution in [0.3, 0.4) is 0 Å². The van der Waals surface area contributed by atoms with E-state index in [4.69, 9.17) is 22.5 Å². The Bertz CT molecular complexity index is 522. The van der Waals surface area contributed by atoms with Gasteiger partial charge in [-0.15, -0.1) is 0 Å². The normalized spacial score (nSPS) is 13.6. The van der Waals surface area contributed by atoms with Crippen molar-refractivity contribution in [3.8, 4) is 0 Å². The summed E-state index contributed by atoms with van der Waals surface area (Å²) in [6, 6.07) is 10.7. The van der Waals surface area contributed by atoms with Gasteiger partial charge in [0.25, 0.3) is 0 Å². The lowest BCUT2D eigenvalue weighted by Gasteiger charge is -2.18. The van der Waals surface area contributed by atoms with E-state index < -0.39 is 0 Å². The minimum Gasteiger partial charge on any atom is -0.409 e. The second-order valence-electron chi connectivity index (χ2n) is 3.61. The van der Waals surface area contributed by atoms with Crippen molar-refractivity contribution in [2.45, 2.75) is 6.04 Å². The van der Waals surface area contributed by atoms with Crippen LogP contribution in [0, 0.1) is 0 Å². The van der Waals surface area contributed by atoms with E-state index in [1.165, 1.54) is 0 Å². The minimum absolute atomic E-state index is 0.114. The molecule has 0 aliphatic carbocycles. The van der Waals surface area contributed by atoms with Crippen LogP contribution in [0.2, 0.25) is 5.02 Å². The number of nitrogens with two attached hydrogens (primary N) is 1. The zero-order valence-corrected chi connectivity index (χ0v) is 9.75. The number of amidine groups is 1. The summed E-state index contributed by atoms with van der Waals surface area (Å²) in [5, 5.41) is 12.5. The zero-order chi connectivity index (χ0) is 12.3. The van der Waals surface area contributed by atoms with Gasteiger partial charge in [-0.25, -0.2) is 0 Å². The zero-order valence-electron chi connectivity index (χ0n) is 8.99. The Kier molecular flexibility index (Phi) is 3.35. The van der Waals surface area contributed by atoms with Crippen molar-refractivity contribution in [3.05, 3.63) is 59.4 Å². The molecule has 0 radical (unpaired) electrons. The number of hydrogen-bond donors (Lipinski definition) is 2. The van der Waals surface area contributed by atoms with E-state index in [0.29, 0.717) is 5.02 Å². The third-order valence-electron chi connectivity index (χ3n) is 2.49. The van der Waals surface area contributed by atoms with Crippen LogP contribution in [0.15, 0.2) is 53.9 Å². The fraction of sp³-hybridized carbons (Fsp3) is 0.0833. The van der Waals surface area contributed by atoms with Crippen LogP contribution in [0.25, 0.3) is 0 Å². The number of rotatable bonds is 3. The predicted octanol–water partition coefficient (Wildman–Crippen LogP) is 2.48. The van der Waals surface area contributed by atoms with Crippen molar-refractivity contribution in [1.29, 1.82) is 0 Å². The summed E-state index contributed by atoms with van der Waals surface area (Å²) in [5.41, 5.74) is 6.59. The first-order valence-corrected chi connectivity index (χ1v) is 5.45. The summed E-state index contributed by atoms with van der Waals surface area (Å²) in [6.45, 7) is 0. The Morgan fingerprint density at radius 1 is 1.29 bits per heavy atom. The van der Waals surface area contributed by atoms with E-state index in [1.54, 1.807) is 12.1 Å².